The van der Waals surface area contributed by atoms with Gasteiger partial charge in [-0.2, -0.15) is 5.10 Å². The third-order valence-corrected chi connectivity index (χ3v) is 3.88. The van der Waals surface area contributed by atoms with Gasteiger partial charge in [0.2, 0.25) is 5.91 Å². The highest BCUT2D eigenvalue weighted by atomic mass is 16.6. The van der Waals surface area contributed by atoms with Gasteiger partial charge in [0.15, 0.2) is 5.75 Å². The van der Waals surface area contributed by atoms with E-state index in [1.54, 1.807) is 31.4 Å². The second-order valence-corrected chi connectivity index (χ2v) is 6.05. The number of rotatable bonds is 8. The maximum absolute atomic E-state index is 12.1. The average molecular weight is 400 g/mol. The molecule has 0 fully saturated rings. The van der Waals surface area contributed by atoms with Gasteiger partial charge in [0.25, 0.3) is 5.91 Å². The Hall–Kier alpha value is -3.95. The van der Waals surface area contributed by atoms with Crippen molar-refractivity contribution in [3.8, 4) is 11.5 Å². The van der Waals surface area contributed by atoms with E-state index in [0.717, 1.165) is 17.7 Å². The highest BCUT2D eigenvalue weighted by molar-refractivity contribution is 5.89. The summed E-state index contributed by atoms with van der Waals surface area (Å²) in [6, 6.07) is 9.82. The number of hydrazone groups is 1. The van der Waals surface area contributed by atoms with Crippen LogP contribution in [-0.4, -0.2) is 41.2 Å². The Morgan fingerprint density at radius 2 is 1.97 bits per heavy atom. The van der Waals surface area contributed by atoms with E-state index >= 15 is 0 Å². The van der Waals surface area contributed by atoms with Crippen molar-refractivity contribution in [1.29, 1.82) is 0 Å². The molecule has 2 aromatic rings. The van der Waals surface area contributed by atoms with Gasteiger partial charge in [-0.3, -0.25) is 19.7 Å². The Bertz CT molecular complexity index is 927. The van der Waals surface area contributed by atoms with Crippen LogP contribution in [0.15, 0.2) is 47.6 Å². The molecule has 0 spiro atoms. The van der Waals surface area contributed by atoms with Crippen LogP contribution in [0.25, 0.3) is 0 Å². The molecule has 0 aliphatic heterocycles. The summed E-state index contributed by atoms with van der Waals surface area (Å²) in [5.41, 5.74) is 2.85. The molecule has 0 aliphatic carbocycles. The Kier molecular flexibility index (Phi) is 7.24. The summed E-state index contributed by atoms with van der Waals surface area (Å²) in [6.07, 6.45) is 1.29. The Balaban J connectivity index is 1.86. The van der Waals surface area contributed by atoms with Gasteiger partial charge in [-0.1, -0.05) is 12.1 Å². The lowest BCUT2D eigenvalue weighted by molar-refractivity contribution is -0.385. The number of aromatic hydroxyl groups is 1. The number of benzene rings is 2. The van der Waals surface area contributed by atoms with E-state index in [2.05, 4.69) is 15.8 Å². The number of phenols is 1. The maximum atomic E-state index is 12.1. The Morgan fingerprint density at radius 1 is 1.28 bits per heavy atom. The second kappa shape index (κ2) is 9.83. The number of nitrogens with one attached hydrogen (secondary N) is 2. The van der Waals surface area contributed by atoms with Crippen LogP contribution in [0.2, 0.25) is 0 Å². The lowest BCUT2D eigenvalue weighted by Crippen LogP contribution is -2.43. The van der Waals surface area contributed by atoms with E-state index in [9.17, 15) is 24.8 Å². The minimum absolute atomic E-state index is 0.0993. The molecule has 2 rings (SSSR count). The first-order valence-electron chi connectivity index (χ1n) is 8.52. The minimum atomic E-state index is -0.841. The Morgan fingerprint density at radius 3 is 2.59 bits per heavy atom. The van der Waals surface area contributed by atoms with E-state index < -0.39 is 28.3 Å². The topological polar surface area (TPSA) is 143 Å². The predicted molar refractivity (Wildman–Crippen MR) is 105 cm³/mol. The van der Waals surface area contributed by atoms with Crippen molar-refractivity contribution in [2.75, 3.05) is 7.11 Å². The number of nitro benzene ring substituents is 1. The van der Waals surface area contributed by atoms with Crippen LogP contribution in [0.3, 0.4) is 0 Å². The molecule has 0 aromatic heterocycles. The van der Waals surface area contributed by atoms with Crippen LogP contribution in [-0.2, 0) is 16.0 Å². The number of hydrogen-bond donors (Lipinski definition) is 3. The summed E-state index contributed by atoms with van der Waals surface area (Å²) in [4.78, 5) is 34.2. The van der Waals surface area contributed by atoms with Crippen LogP contribution in [0.4, 0.5) is 5.69 Å². The predicted octanol–water partition coefficient (Wildman–Crippen LogP) is 1.51. The molecule has 0 heterocycles. The third-order valence-electron chi connectivity index (χ3n) is 3.88. The van der Waals surface area contributed by atoms with Crippen LogP contribution in [0.5, 0.6) is 11.5 Å². The van der Waals surface area contributed by atoms with Crippen molar-refractivity contribution in [3.05, 3.63) is 63.7 Å². The number of carbonyl (C=O) groups is 2. The Labute approximate surface area is 166 Å². The zero-order valence-electron chi connectivity index (χ0n) is 15.8. The van der Waals surface area contributed by atoms with Crippen molar-refractivity contribution in [2.45, 2.75) is 19.4 Å². The third kappa shape index (κ3) is 6.31. The SMILES string of the molecule is COc1ccc(CC(=O)NC(C)C(=O)N/N=C/c2ccc(O)c([N+](=O)[O-])c2)cc1. The van der Waals surface area contributed by atoms with Gasteiger partial charge in [0, 0.05) is 11.6 Å². The van der Waals surface area contributed by atoms with Crippen molar-refractivity contribution in [1.82, 2.24) is 10.7 Å². The second-order valence-electron chi connectivity index (χ2n) is 6.05. The fraction of sp³-hybridized carbons (Fsp3) is 0.211. The minimum Gasteiger partial charge on any atom is -0.502 e. The van der Waals surface area contributed by atoms with Gasteiger partial charge in [-0.05, 0) is 36.8 Å². The van der Waals surface area contributed by atoms with E-state index in [4.69, 9.17) is 4.74 Å². The van der Waals surface area contributed by atoms with E-state index in [0.29, 0.717) is 11.3 Å². The molecular formula is C19H20N4O6. The number of carbonyl (C=O) groups excluding carboxylic acids is 2. The molecule has 0 saturated carbocycles. The van der Waals surface area contributed by atoms with Crippen molar-refractivity contribution in [2.24, 2.45) is 5.10 Å². The smallest absolute Gasteiger partial charge is 0.311 e. The van der Waals surface area contributed by atoms with E-state index in [1.165, 1.54) is 19.2 Å². The molecule has 0 aliphatic rings. The summed E-state index contributed by atoms with van der Waals surface area (Å²) in [7, 11) is 1.55. The normalized spacial score (nSPS) is 11.7. The largest absolute Gasteiger partial charge is 0.502 e. The average Bonchev–Trinajstić information content (AvgIpc) is 2.69. The molecule has 10 nitrogen and oxygen atoms in total. The van der Waals surface area contributed by atoms with Crippen LogP contribution < -0.4 is 15.5 Å². The first-order chi connectivity index (χ1) is 13.8. The van der Waals surface area contributed by atoms with Gasteiger partial charge in [-0.25, -0.2) is 5.43 Å². The van der Waals surface area contributed by atoms with Crippen molar-refractivity contribution in [3.63, 3.8) is 0 Å². The molecular weight excluding hydrogens is 380 g/mol. The van der Waals surface area contributed by atoms with Gasteiger partial charge >= 0.3 is 5.69 Å². The first kappa shape index (κ1) is 21.4. The van der Waals surface area contributed by atoms with Gasteiger partial charge in [0.1, 0.15) is 11.8 Å². The number of hydrogen-bond acceptors (Lipinski definition) is 7. The van der Waals surface area contributed by atoms with Crippen molar-refractivity contribution >= 4 is 23.7 Å². The molecule has 1 atom stereocenters. The fourth-order valence-corrected chi connectivity index (χ4v) is 2.32. The molecule has 2 aromatic carbocycles. The number of nitro groups is 1. The number of ether oxygens (including phenoxy) is 1. The lowest BCUT2D eigenvalue weighted by Gasteiger charge is -2.12. The summed E-state index contributed by atoms with van der Waals surface area (Å²) in [5, 5.41) is 26.5. The molecule has 10 heteroatoms. The summed E-state index contributed by atoms with van der Waals surface area (Å²) >= 11 is 0. The summed E-state index contributed by atoms with van der Waals surface area (Å²) < 4.78 is 5.05. The zero-order valence-corrected chi connectivity index (χ0v) is 15.8. The standard InChI is InChI=1S/C19H20N4O6/c1-12(21-18(25)10-13-3-6-15(29-2)7-4-13)19(26)22-20-11-14-5-8-17(24)16(9-14)23(27)28/h3-9,11-12,24H,10H2,1-2H3,(H,21,25)(H,22,26)/b20-11+. The van der Waals surface area contributed by atoms with E-state index in [-0.39, 0.29) is 12.3 Å². The lowest BCUT2D eigenvalue weighted by atomic mass is 10.1. The number of nitrogens with zero attached hydrogens (tertiary/aromatic N) is 2. The quantitative estimate of drug-likeness (QED) is 0.348. The summed E-state index contributed by atoms with van der Waals surface area (Å²) in [5.74, 6) is -0.684. The first-order valence-corrected chi connectivity index (χ1v) is 8.52. The number of methoxy groups -OCH3 is 1. The van der Waals surface area contributed by atoms with Crippen LogP contribution >= 0.6 is 0 Å². The van der Waals surface area contributed by atoms with E-state index in [1.807, 2.05) is 0 Å². The number of phenolic OH excluding ortho intramolecular Hbond substituents is 1. The molecule has 0 saturated heterocycles. The molecule has 2 amide bonds. The fourth-order valence-electron chi connectivity index (χ4n) is 2.32. The van der Waals surface area contributed by atoms with Crippen LogP contribution in [0.1, 0.15) is 18.1 Å². The molecule has 152 valence electrons. The number of amides is 2. The zero-order chi connectivity index (χ0) is 21.4. The van der Waals surface area contributed by atoms with Crippen molar-refractivity contribution < 1.29 is 24.4 Å². The monoisotopic (exact) mass is 400 g/mol. The maximum Gasteiger partial charge on any atom is 0.311 e. The van der Waals surface area contributed by atoms with Gasteiger partial charge in [0.05, 0.1) is 24.7 Å². The van der Waals surface area contributed by atoms with Gasteiger partial charge < -0.3 is 15.2 Å². The molecule has 1 unspecified atom stereocenters. The molecule has 0 radical (unpaired) electrons. The highest BCUT2D eigenvalue weighted by Gasteiger charge is 2.16. The van der Waals surface area contributed by atoms with Gasteiger partial charge in [-0.15, -0.1) is 0 Å². The summed E-state index contributed by atoms with van der Waals surface area (Å²) in [6.45, 7) is 1.50. The molecule has 3 N–H and O–H groups in total. The highest BCUT2D eigenvalue weighted by Crippen LogP contribution is 2.25. The molecule has 29 heavy (non-hydrogen) atoms. The molecule has 0 bridgehead atoms. The van der Waals surface area contributed by atoms with Crippen LogP contribution in [0, 0.1) is 10.1 Å².